The number of amides is 1. The minimum atomic E-state index is -1.30. The number of aryl methyl sites for hydroxylation is 1. The normalized spacial score (nSPS) is 10.2. The van der Waals surface area contributed by atoms with Crippen LogP contribution >= 0.6 is 0 Å². The molecule has 0 bridgehead atoms. The van der Waals surface area contributed by atoms with Crippen LogP contribution in [0.4, 0.5) is 5.95 Å². The second-order valence-electron chi connectivity index (χ2n) is 4.18. The van der Waals surface area contributed by atoms with Crippen LogP contribution in [0.25, 0.3) is 15.9 Å². The number of pyridine rings is 1. The lowest BCUT2D eigenvalue weighted by Gasteiger charge is -2.09. The number of carbonyl (C=O) groups is 2. The molecule has 22 heavy (non-hydrogen) atoms. The van der Waals surface area contributed by atoms with Gasteiger partial charge in [-0.2, -0.15) is 4.98 Å². The van der Waals surface area contributed by atoms with Gasteiger partial charge in [0.05, 0.1) is 0 Å². The predicted molar refractivity (Wildman–Crippen MR) is 72.7 cm³/mol. The molecule has 0 fully saturated rings. The Morgan fingerprint density at radius 2 is 2.18 bits per heavy atom. The molecular weight excluding hydrogens is 294 g/mol. The first-order valence-corrected chi connectivity index (χ1v) is 5.83. The number of carboxylic acid groups (broad SMARTS) is 1. The number of carboxylic acids is 1. The Labute approximate surface area is 122 Å². The molecule has 0 saturated heterocycles. The van der Waals surface area contributed by atoms with Gasteiger partial charge in [0.1, 0.15) is 29.4 Å². The molecule has 0 spiro atoms. The van der Waals surface area contributed by atoms with Crippen molar-refractivity contribution in [1.82, 2.24) is 19.9 Å². The lowest BCUT2D eigenvalue weighted by atomic mass is 10.1. The van der Waals surface area contributed by atoms with Gasteiger partial charge in [-0.1, -0.05) is 0 Å². The fourth-order valence-corrected chi connectivity index (χ4v) is 1.79. The zero-order valence-electron chi connectivity index (χ0n) is 11.2. The Balaban J connectivity index is 2.67. The fourth-order valence-electron chi connectivity index (χ4n) is 1.79. The molecular formula is C12H9N5O5. The molecule has 3 N–H and O–H groups in total. The third-order valence-electron chi connectivity index (χ3n) is 2.81. The summed E-state index contributed by atoms with van der Waals surface area (Å²) in [6.45, 7) is 6.13. The van der Waals surface area contributed by atoms with Gasteiger partial charge in [0.15, 0.2) is 0 Å². The molecule has 10 nitrogen and oxygen atoms in total. The largest absolute Gasteiger partial charge is 0.506 e. The second-order valence-corrected chi connectivity index (χ2v) is 4.18. The molecule has 0 aliphatic rings. The molecule has 10 heteroatoms. The number of hydrogen-bond donors (Lipinski definition) is 3. The zero-order chi connectivity index (χ0) is 16.4. The SMILES string of the molecule is [C-]#[N+]c1ncc2c(O)c(C(=O)NCC(=O)O)c(=O)n(C)c2n1. The monoisotopic (exact) mass is 303 g/mol. The maximum atomic E-state index is 12.1. The van der Waals surface area contributed by atoms with Gasteiger partial charge < -0.3 is 20.4 Å². The van der Waals surface area contributed by atoms with Crippen molar-refractivity contribution in [2.24, 2.45) is 7.05 Å². The number of rotatable bonds is 3. The van der Waals surface area contributed by atoms with Crippen LogP contribution in [-0.2, 0) is 11.8 Å². The Morgan fingerprint density at radius 3 is 2.77 bits per heavy atom. The van der Waals surface area contributed by atoms with Crippen LogP contribution in [0.1, 0.15) is 10.4 Å². The molecule has 112 valence electrons. The van der Waals surface area contributed by atoms with Crippen LogP contribution in [0.5, 0.6) is 5.75 Å². The summed E-state index contributed by atoms with van der Waals surface area (Å²) in [5.41, 5.74) is -1.50. The van der Waals surface area contributed by atoms with Crippen molar-refractivity contribution in [2.75, 3.05) is 6.54 Å². The Bertz CT molecular complexity index is 895. The van der Waals surface area contributed by atoms with Gasteiger partial charge >= 0.3 is 11.9 Å². The highest BCUT2D eigenvalue weighted by Gasteiger charge is 2.23. The van der Waals surface area contributed by atoms with E-state index < -0.39 is 35.3 Å². The van der Waals surface area contributed by atoms with Crippen LogP contribution in [-0.4, -0.2) is 43.2 Å². The quantitative estimate of drug-likeness (QED) is 0.643. The lowest BCUT2D eigenvalue weighted by Crippen LogP contribution is -2.35. The van der Waals surface area contributed by atoms with Crippen molar-refractivity contribution in [2.45, 2.75) is 0 Å². The Kier molecular flexibility index (Phi) is 3.72. The summed E-state index contributed by atoms with van der Waals surface area (Å²) < 4.78 is 0.973. The molecule has 2 aromatic heterocycles. The number of aromatic nitrogens is 3. The van der Waals surface area contributed by atoms with Crippen LogP contribution < -0.4 is 10.9 Å². The summed E-state index contributed by atoms with van der Waals surface area (Å²) in [7, 11) is 1.30. The molecule has 0 aliphatic carbocycles. The number of aliphatic carboxylic acids is 1. The number of hydrogen-bond acceptors (Lipinski definition) is 6. The fraction of sp³-hybridized carbons (Fsp3) is 0.167. The van der Waals surface area contributed by atoms with E-state index in [0.29, 0.717) is 0 Å². The van der Waals surface area contributed by atoms with Crippen LogP contribution in [0.15, 0.2) is 11.0 Å². The van der Waals surface area contributed by atoms with Gasteiger partial charge in [-0.25, -0.2) is 0 Å². The second kappa shape index (κ2) is 5.49. The summed E-state index contributed by atoms with van der Waals surface area (Å²) >= 11 is 0. The lowest BCUT2D eigenvalue weighted by molar-refractivity contribution is -0.135. The van der Waals surface area contributed by atoms with Gasteiger partial charge in [-0.05, 0) is 0 Å². The van der Waals surface area contributed by atoms with E-state index in [4.69, 9.17) is 11.7 Å². The predicted octanol–water partition coefficient (Wildman–Crippen LogP) is -0.601. The van der Waals surface area contributed by atoms with E-state index in [1.54, 1.807) is 0 Å². The topological polar surface area (TPSA) is 139 Å². The highest BCUT2D eigenvalue weighted by molar-refractivity contribution is 6.02. The van der Waals surface area contributed by atoms with E-state index >= 15 is 0 Å². The molecule has 0 aromatic carbocycles. The summed E-state index contributed by atoms with van der Waals surface area (Å²) in [6.07, 6.45) is 1.11. The van der Waals surface area contributed by atoms with E-state index in [2.05, 4.69) is 14.8 Å². The standard InChI is InChI=1S/C12H9N5O5/c1-13-12-15-3-5-8(20)7(10(21)14-4-6(18)19)11(22)17(2)9(5)16-12/h3,20H,4H2,2H3,(H,14,21)(H,18,19). The molecule has 1 amide bonds. The molecule has 0 unspecified atom stereocenters. The van der Waals surface area contributed by atoms with Gasteiger partial charge in [0.25, 0.3) is 11.5 Å². The van der Waals surface area contributed by atoms with E-state index in [0.717, 1.165) is 10.8 Å². The van der Waals surface area contributed by atoms with Crippen LogP contribution in [0.2, 0.25) is 0 Å². The van der Waals surface area contributed by atoms with E-state index in [1.807, 2.05) is 5.32 Å². The van der Waals surface area contributed by atoms with Gasteiger partial charge in [-0.15, -0.1) is 11.6 Å². The highest BCUT2D eigenvalue weighted by Crippen LogP contribution is 2.25. The smallest absolute Gasteiger partial charge is 0.373 e. The number of aromatic hydroxyl groups is 1. The number of nitrogens with one attached hydrogen (secondary N) is 1. The minimum Gasteiger partial charge on any atom is -0.506 e. The molecule has 0 saturated carbocycles. The average molecular weight is 303 g/mol. The van der Waals surface area contributed by atoms with Crippen molar-refractivity contribution < 1.29 is 19.8 Å². The van der Waals surface area contributed by atoms with Gasteiger partial charge in [-0.3, -0.25) is 19.0 Å². The first kappa shape index (κ1) is 14.9. The van der Waals surface area contributed by atoms with Crippen LogP contribution in [0, 0.1) is 6.57 Å². The first-order valence-electron chi connectivity index (χ1n) is 5.83. The summed E-state index contributed by atoms with van der Waals surface area (Å²) in [6, 6.07) is 0. The molecule has 2 rings (SSSR count). The Morgan fingerprint density at radius 1 is 1.50 bits per heavy atom. The third-order valence-corrected chi connectivity index (χ3v) is 2.81. The van der Waals surface area contributed by atoms with Crippen molar-refractivity contribution in [1.29, 1.82) is 0 Å². The van der Waals surface area contributed by atoms with Crippen molar-refractivity contribution >= 4 is 28.9 Å². The third kappa shape index (κ3) is 2.42. The summed E-state index contributed by atoms with van der Waals surface area (Å²) in [5.74, 6) is -3.21. The molecule has 0 atom stereocenters. The maximum Gasteiger partial charge on any atom is 0.373 e. The van der Waals surface area contributed by atoms with Crippen molar-refractivity contribution in [3.8, 4) is 5.75 Å². The molecule has 2 aromatic rings. The number of carbonyl (C=O) groups excluding carboxylic acids is 1. The average Bonchev–Trinajstić information content (AvgIpc) is 2.50. The first-order chi connectivity index (χ1) is 10.4. The molecule has 0 aliphatic heterocycles. The van der Waals surface area contributed by atoms with E-state index in [1.165, 1.54) is 7.05 Å². The maximum absolute atomic E-state index is 12.1. The Hall–Kier alpha value is -3.48. The van der Waals surface area contributed by atoms with Gasteiger partial charge in [0.2, 0.25) is 5.65 Å². The highest BCUT2D eigenvalue weighted by atomic mass is 16.4. The van der Waals surface area contributed by atoms with E-state index in [9.17, 15) is 19.5 Å². The van der Waals surface area contributed by atoms with E-state index in [-0.39, 0.29) is 17.0 Å². The molecule has 0 radical (unpaired) electrons. The van der Waals surface area contributed by atoms with Gasteiger partial charge in [0, 0.05) is 7.05 Å². The summed E-state index contributed by atoms with van der Waals surface area (Å²) in [5, 5.41) is 20.6. The van der Waals surface area contributed by atoms with Crippen molar-refractivity contribution in [3.63, 3.8) is 0 Å². The number of nitrogens with zero attached hydrogens (tertiary/aromatic N) is 4. The number of fused-ring (bicyclic) bond motifs is 1. The van der Waals surface area contributed by atoms with Crippen molar-refractivity contribution in [3.05, 3.63) is 33.5 Å². The minimum absolute atomic E-state index is 0.00465. The molecule has 2 heterocycles. The summed E-state index contributed by atoms with van der Waals surface area (Å²) in [4.78, 5) is 44.9. The van der Waals surface area contributed by atoms with Crippen LogP contribution in [0.3, 0.4) is 0 Å². The zero-order valence-corrected chi connectivity index (χ0v) is 11.2.